The lowest BCUT2D eigenvalue weighted by Gasteiger charge is -2.14. The molecule has 1 fully saturated rings. The molecule has 2 aromatic heterocycles. The Labute approximate surface area is 162 Å². The molecule has 4 rings (SSSR count). The van der Waals surface area contributed by atoms with Gasteiger partial charge in [0.25, 0.3) is 5.91 Å². The molecule has 1 aliphatic carbocycles. The highest BCUT2D eigenvalue weighted by Gasteiger charge is 2.26. The second-order valence-electron chi connectivity index (χ2n) is 6.97. The van der Waals surface area contributed by atoms with E-state index in [9.17, 15) is 4.79 Å². The van der Waals surface area contributed by atoms with Gasteiger partial charge in [0.2, 0.25) is 0 Å². The number of rotatable bonds is 8. The number of benzene rings is 1. The third-order valence-corrected chi connectivity index (χ3v) is 4.70. The van der Waals surface area contributed by atoms with Crippen molar-refractivity contribution >= 4 is 5.91 Å². The summed E-state index contributed by atoms with van der Waals surface area (Å²) in [7, 11) is 3.35. The average Bonchev–Trinajstić information content (AvgIpc) is 3.28. The summed E-state index contributed by atoms with van der Waals surface area (Å²) < 4.78 is 11.0. The number of para-hydroxylation sites is 2. The molecule has 2 heterocycles. The standard InChI is InChI=1S/C20H23N5O3/c1-25(11-14-9-16(23-21-14)13-7-8-13)20(26)17-10-15(22-24-17)12-28-19-6-4-3-5-18(19)27-2/h3-6,9-10,13H,7-8,11-12H2,1-2H3,(H,21,23)(H,22,24). The molecule has 1 saturated carbocycles. The van der Waals surface area contributed by atoms with E-state index in [1.54, 1.807) is 25.1 Å². The van der Waals surface area contributed by atoms with Crippen molar-refractivity contribution in [3.05, 3.63) is 59.2 Å². The average molecular weight is 381 g/mol. The minimum Gasteiger partial charge on any atom is -0.493 e. The normalized spacial score (nSPS) is 13.4. The van der Waals surface area contributed by atoms with Crippen LogP contribution in [0.15, 0.2) is 36.4 Å². The van der Waals surface area contributed by atoms with E-state index in [1.165, 1.54) is 12.8 Å². The molecule has 0 unspecified atom stereocenters. The third-order valence-electron chi connectivity index (χ3n) is 4.70. The lowest BCUT2D eigenvalue weighted by Crippen LogP contribution is -2.26. The molecule has 146 valence electrons. The van der Waals surface area contributed by atoms with Crippen molar-refractivity contribution in [1.82, 2.24) is 25.3 Å². The maximum absolute atomic E-state index is 12.6. The van der Waals surface area contributed by atoms with Gasteiger partial charge >= 0.3 is 0 Å². The monoisotopic (exact) mass is 381 g/mol. The maximum atomic E-state index is 12.6. The summed E-state index contributed by atoms with van der Waals surface area (Å²) in [5, 5.41) is 14.3. The van der Waals surface area contributed by atoms with Crippen LogP contribution in [-0.2, 0) is 13.2 Å². The second-order valence-corrected chi connectivity index (χ2v) is 6.97. The second kappa shape index (κ2) is 7.75. The summed E-state index contributed by atoms with van der Waals surface area (Å²) in [6, 6.07) is 11.2. The van der Waals surface area contributed by atoms with Gasteiger partial charge in [-0.3, -0.25) is 15.0 Å². The van der Waals surface area contributed by atoms with Crippen LogP contribution in [0.2, 0.25) is 0 Å². The Balaban J connectivity index is 1.35. The van der Waals surface area contributed by atoms with Crippen molar-refractivity contribution in [3.63, 3.8) is 0 Å². The molecule has 8 heteroatoms. The Morgan fingerprint density at radius 2 is 1.89 bits per heavy atom. The Hall–Kier alpha value is -3.29. The van der Waals surface area contributed by atoms with E-state index in [4.69, 9.17) is 9.47 Å². The number of hydrogen-bond acceptors (Lipinski definition) is 5. The van der Waals surface area contributed by atoms with Gasteiger partial charge in [-0.1, -0.05) is 12.1 Å². The molecule has 0 radical (unpaired) electrons. The zero-order valence-electron chi connectivity index (χ0n) is 15.9. The van der Waals surface area contributed by atoms with Crippen molar-refractivity contribution in [2.75, 3.05) is 14.2 Å². The van der Waals surface area contributed by atoms with Gasteiger partial charge in [0.05, 0.1) is 30.7 Å². The first-order chi connectivity index (χ1) is 13.6. The molecule has 28 heavy (non-hydrogen) atoms. The van der Waals surface area contributed by atoms with E-state index in [1.807, 2.05) is 30.3 Å². The summed E-state index contributed by atoms with van der Waals surface area (Å²) in [6.45, 7) is 0.716. The quantitative estimate of drug-likeness (QED) is 0.625. The fourth-order valence-electron chi connectivity index (χ4n) is 3.01. The summed E-state index contributed by atoms with van der Waals surface area (Å²) >= 11 is 0. The molecule has 2 N–H and O–H groups in total. The number of nitrogens with zero attached hydrogens (tertiary/aromatic N) is 3. The van der Waals surface area contributed by atoms with Crippen LogP contribution in [0.1, 0.15) is 46.3 Å². The van der Waals surface area contributed by atoms with Crippen LogP contribution in [0.3, 0.4) is 0 Å². The van der Waals surface area contributed by atoms with Crippen molar-refractivity contribution in [2.45, 2.75) is 31.9 Å². The van der Waals surface area contributed by atoms with Crippen LogP contribution in [-0.4, -0.2) is 45.4 Å². The molecule has 0 saturated heterocycles. The topological polar surface area (TPSA) is 96.1 Å². The number of hydrogen-bond donors (Lipinski definition) is 2. The lowest BCUT2D eigenvalue weighted by molar-refractivity contribution is 0.0777. The summed E-state index contributed by atoms with van der Waals surface area (Å²) in [4.78, 5) is 14.3. The van der Waals surface area contributed by atoms with Gasteiger partial charge < -0.3 is 14.4 Å². The molecule has 0 spiro atoms. The van der Waals surface area contributed by atoms with Crippen LogP contribution in [0, 0.1) is 0 Å². The predicted octanol–water partition coefficient (Wildman–Crippen LogP) is 2.87. The molecular formula is C20H23N5O3. The number of aromatic amines is 2. The number of ether oxygens (including phenoxy) is 2. The van der Waals surface area contributed by atoms with Gasteiger partial charge in [-0.05, 0) is 37.1 Å². The van der Waals surface area contributed by atoms with Crippen molar-refractivity contribution in [3.8, 4) is 11.5 Å². The first-order valence-corrected chi connectivity index (χ1v) is 9.24. The smallest absolute Gasteiger partial charge is 0.274 e. The third kappa shape index (κ3) is 4.00. The molecule has 1 aliphatic rings. The first-order valence-electron chi connectivity index (χ1n) is 9.24. The summed E-state index contributed by atoms with van der Waals surface area (Å²) in [6.07, 6.45) is 2.40. The van der Waals surface area contributed by atoms with Crippen molar-refractivity contribution in [2.24, 2.45) is 0 Å². The van der Waals surface area contributed by atoms with Gasteiger partial charge in [-0.2, -0.15) is 10.2 Å². The van der Waals surface area contributed by atoms with E-state index in [0.29, 0.717) is 35.3 Å². The number of H-pyrrole nitrogens is 2. The van der Waals surface area contributed by atoms with Crippen LogP contribution in [0.5, 0.6) is 11.5 Å². The van der Waals surface area contributed by atoms with Crippen molar-refractivity contribution < 1.29 is 14.3 Å². The number of methoxy groups -OCH3 is 1. The molecule has 0 atom stereocenters. The van der Waals surface area contributed by atoms with Gasteiger partial charge in [-0.25, -0.2) is 0 Å². The number of carbonyl (C=O) groups excluding carboxylic acids is 1. The van der Waals surface area contributed by atoms with Gasteiger partial charge in [0.15, 0.2) is 17.2 Å². The maximum Gasteiger partial charge on any atom is 0.274 e. The summed E-state index contributed by atoms with van der Waals surface area (Å²) in [5.74, 6) is 1.71. The fourth-order valence-corrected chi connectivity index (χ4v) is 3.01. The highest BCUT2D eigenvalue weighted by atomic mass is 16.5. The van der Waals surface area contributed by atoms with E-state index in [0.717, 1.165) is 11.4 Å². The van der Waals surface area contributed by atoms with E-state index >= 15 is 0 Å². The zero-order chi connectivity index (χ0) is 19.5. The number of amides is 1. The molecule has 0 bridgehead atoms. The molecule has 3 aromatic rings. The molecule has 0 aliphatic heterocycles. The summed E-state index contributed by atoms with van der Waals surface area (Å²) in [5.41, 5.74) is 3.07. The highest BCUT2D eigenvalue weighted by Crippen LogP contribution is 2.39. The van der Waals surface area contributed by atoms with Crippen LogP contribution in [0.25, 0.3) is 0 Å². The minimum atomic E-state index is -0.164. The molecule has 1 amide bonds. The van der Waals surface area contributed by atoms with E-state index in [2.05, 4.69) is 20.4 Å². The molecule has 1 aromatic carbocycles. The zero-order valence-corrected chi connectivity index (χ0v) is 15.9. The van der Waals surface area contributed by atoms with E-state index < -0.39 is 0 Å². The Morgan fingerprint density at radius 3 is 2.64 bits per heavy atom. The Morgan fingerprint density at radius 1 is 1.14 bits per heavy atom. The van der Waals surface area contributed by atoms with Gasteiger partial charge in [-0.15, -0.1) is 0 Å². The van der Waals surface area contributed by atoms with Crippen LogP contribution < -0.4 is 9.47 Å². The molecule has 8 nitrogen and oxygen atoms in total. The fraction of sp³-hybridized carbons (Fsp3) is 0.350. The highest BCUT2D eigenvalue weighted by molar-refractivity contribution is 5.92. The minimum absolute atomic E-state index is 0.164. The van der Waals surface area contributed by atoms with E-state index in [-0.39, 0.29) is 12.5 Å². The van der Waals surface area contributed by atoms with Gasteiger partial charge in [0.1, 0.15) is 6.61 Å². The number of aromatic nitrogens is 4. The Kier molecular flexibility index (Phi) is 5.01. The lowest BCUT2D eigenvalue weighted by atomic mass is 10.2. The first kappa shape index (κ1) is 18.1. The van der Waals surface area contributed by atoms with Crippen molar-refractivity contribution in [1.29, 1.82) is 0 Å². The molecular weight excluding hydrogens is 358 g/mol. The number of carbonyl (C=O) groups is 1. The van der Waals surface area contributed by atoms with Gasteiger partial charge in [0, 0.05) is 13.0 Å². The number of nitrogens with one attached hydrogen (secondary N) is 2. The van der Waals surface area contributed by atoms with Crippen LogP contribution in [0.4, 0.5) is 0 Å². The van der Waals surface area contributed by atoms with Crippen LogP contribution >= 0.6 is 0 Å². The SMILES string of the molecule is COc1ccccc1OCc1cc(C(=O)N(C)Cc2cc(C3CC3)n[nH]2)n[nH]1. The largest absolute Gasteiger partial charge is 0.493 e. The Bertz CT molecular complexity index is 960. The predicted molar refractivity (Wildman–Crippen MR) is 102 cm³/mol.